The van der Waals surface area contributed by atoms with Gasteiger partial charge in [-0.1, -0.05) is 69.2 Å². The quantitative estimate of drug-likeness (QED) is 0.185. The van der Waals surface area contributed by atoms with E-state index < -0.39 is 12.0 Å². The molecule has 0 aliphatic heterocycles. The molecule has 0 amide bonds. The number of aliphatic hydroxyl groups is 1. The van der Waals surface area contributed by atoms with Gasteiger partial charge in [-0.2, -0.15) is 0 Å². The van der Waals surface area contributed by atoms with Crippen LogP contribution in [0.3, 0.4) is 0 Å². The van der Waals surface area contributed by atoms with Crippen LogP contribution in [-0.4, -0.2) is 169 Å². The highest BCUT2D eigenvalue weighted by molar-refractivity contribution is 5.73. The van der Waals surface area contributed by atoms with Crippen LogP contribution >= 0.6 is 0 Å². The van der Waals surface area contributed by atoms with Crippen molar-refractivity contribution in [3.63, 3.8) is 0 Å². The minimum atomic E-state index is -0.713. The largest absolute Gasteiger partial charge is 0.480 e. The third-order valence-electron chi connectivity index (χ3n) is 8.13. The van der Waals surface area contributed by atoms with Gasteiger partial charge in [-0.3, -0.25) is 14.6 Å². The summed E-state index contributed by atoms with van der Waals surface area (Å²) in [6, 6.07) is -0.131. The van der Waals surface area contributed by atoms with Crippen molar-refractivity contribution in [3.05, 3.63) is 0 Å². The highest BCUT2D eigenvalue weighted by Gasteiger charge is 2.25. The SMILES string of the molecule is CCN(CC)CCN(CC)CC(C(=O)O)N(CC)CC.CCN(CC)CCN(CC)CC(CO)N(CC)CC. The van der Waals surface area contributed by atoms with Gasteiger partial charge in [0.2, 0.25) is 0 Å². The second-order valence-corrected chi connectivity index (χ2v) is 9.97. The minimum absolute atomic E-state index is 0.253. The third kappa shape index (κ3) is 17.6. The number of hydrogen-bond acceptors (Lipinski definition) is 8. The van der Waals surface area contributed by atoms with E-state index >= 15 is 0 Å². The highest BCUT2D eigenvalue weighted by atomic mass is 16.4. The van der Waals surface area contributed by atoms with Gasteiger partial charge in [-0.15, -0.1) is 0 Å². The van der Waals surface area contributed by atoms with Gasteiger partial charge >= 0.3 is 5.97 Å². The Bertz CT molecular complexity index is 541. The predicted molar refractivity (Wildman–Crippen MR) is 168 cm³/mol. The number of aliphatic hydroxyl groups excluding tert-OH is 1. The maximum absolute atomic E-state index is 11.5. The minimum Gasteiger partial charge on any atom is -0.480 e. The van der Waals surface area contributed by atoms with E-state index in [-0.39, 0.29) is 12.6 Å². The Morgan fingerprint density at radius 1 is 0.513 bits per heavy atom. The van der Waals surface area contributed by atoms with Crippen LogP contribution in [0.25, 0.3) is 0 Å². The topological polar surface area (TPSA) is 77.0 Å². The molecule has 0 spiro atoms. The fourth-order valence-electron chi connectivity index (χ4n) is 4.99. The fourth-order valence-corrected chi connectivity index (χ4v) is 4.99. The second-order valence-electron chi connectivity index (χ2n) is 9.97. The van der Waals surface area contributed by atoms with Gasteiger partial charge < -0.3 is 29.8 Å². The summed E-state index contributed by atoms with van der Waals surface area (Å²) in [5, 5.41) is 19.0. The molecule has 0 rings (SSSR count). The smallest absolute Gasteiger partial charge is 0.322 e. The molecule has 0 fully saturated rings. The molecule has 0 aromatic carbocycles. The van der Waals surface area contributed by atoms with E-state index in [0.29, 0.717) is 6.54 Å². The van der Waals surface area contributed by atoms with Gasteiger partial charge in [0.15, 0.2) is 0 Å². The summed E-state index contributed by atoms with van der Waals surface area (Å²) in [5.74, 6) is -0.713. The van der Waals surface area contributed by atoms with E-state index in [9.17, 15) is 15.0 Å². The van der Waals surface area contributed by atoms with Gasteiger partial charge in [0.1, 0.15) is 6.04 Å². The first-order valence-corrected chi connectivity index (χ1v) is 15.9. The van der Waals surface area contributed by atoms with Crippen molar-refractivity contribution >= 4 is 5.97 Å². The molecule has 0 saturated carbocycles. The molecule has 0 bridgehead atoms. The van der Waals surface area contributed by atoms with Crippen LogP contribution in [0.1, 0.15) is 69.2 Å². The first kappa shape index (κ1) is 40.3. The third-order valence-corrected chi connectivity index (χ3v) is 8.13. The molecule has 0 aliphatic rings. The highest BCUT2D eigenvalue weighted by Crippen LogP contribution is 2.05. The van der Waals surface area contributed by atoms with Crippen LogP contribution in [0, 0.1) is 0 Å². The maximum Gasteiger partial charge on any atom is 0.322 e. The molecule has 9 heteroatoms. The van der Waals surface area contributed by atoms with Crippen LogP contribution in [0.4, 0.5) is 0 Å². The fraction of sp³-hybridized carbons (Fsp3) is 0.967. The summed E-state index contributed by atoms with van der Waals surface area (Å²) in [6.45, 7) is 37.3. The van der Waals surface area contributed by atoms with E-state index in [4.69, 9.17) is 0 Å². The molecule has 39 heavy (non-hydrogen) atoms. The summed E-state index contributed by atoms with van der Waals surface area (Å²) in [4.78, 5) is 25.4. The zero-order valence-corrected chi connectivity index (χ0v) is 27.7. The van der Waals surface area contributed by atoms with Gasteiger partial charge in [0.05, 0.1) is 6.61 Å². The molecule has 9 nitrogen and oxygen atoms in total. The Labute approximate surface area is 243 Å². The Morgan fingerprint density at radius 3 is 1.13 bits per heavy atom. The average Bonchev–Trinajstić information content (AvgIpc) is 2.96. The number of nitrogens with zero attached hydrogens (tertiary/aromatic N) is 6. The molecule has 0 saturated heterocycles. The molecular weight excluding hydrogens is 492 g/mol. The van der Waals surface area contributed by atoms with Crippen molar-refractivity contribution in [2.75, 3.05) is 111 Å². The molecule has 2 unspecified atom stereocenters. The van der Waals surface area contributed by atoms with E-state index in [1.54, 1.807) is 0 Å². The lowest BCUT2D eigenvalue weighted by molar-refractivity contribution is -0.144. The van der Waals surface area contributed by atoms with E-state index in [2.05, 4.69) is 79.9 Å². The predicted octanol–water partition coefficient (Wildman–Crippen LogP) is 2.80. The van der Waals surface area contributed by atoms with Crippen LogP contribution in [0.5, 0.6) is 0 Å². The zero-order valence-electron chi connectivity index (χ0n) is 27.7. The average molecular weight is 561 g/mol. The lowest BCUT2D eigenvalue weighted by Crippen LogP contribution is -2.49. The van der Waals surface area contributed by atoms with E-state index in [1.165, 1.54) is 0 Å². The lowest BCUT2D eigenvalue weighted by Gasteiger charge is -2.33. The van der Waals surface area contributed by atoms with Crippen molar-refractivity contribution < 1.29 is 15.0 Å². The lowest BCUT2D eigenvalue weighted by atomic mass is 10.2. The first-order chi connectivity index (χ1) is 18.7. The van der Waals surface area contributed by atoms with Crippen molar-refractivity contribution in [1.82, 2.24) is 29.4 Å². The van der Waals surface area contributed by atoms with Crippen molar-refractivity contribution in [2.45, 2.75) is 81.3 Å². The molecule has 0 radical (unpaired) electrons. The van der Waals surface area contributed by atoms with Gasteiger partial charge in [-0.25, -0.2) is 0 Å². The number of hydrogen-bond donors (Lipinski definition) is 2. The van der Waals surface area contributed by atoms with Crippen molar-refractivity contribution in [1.29, 1.82) is 0 Å². The molecule has 2 N–H and O–H groups in total. The summed E-state index contributed by atoms with van der Waals surface area (Å²) < 4.78 is 0. The van der Waals surface area contributed by atoms with Gasteiger partial charge in [0.25, 0.3) is 0 Å². The normalized spacial score (nSPS) is 13.6. The molecule has 0 aromatic heterocycles. The number of carboxylic acids is 1. The van der Waals surface area contributed by atoms with E-state index in [0.717, 1.165) is 98.2 Å². The monoisotopic (exact) mass is 561 g/mol. The molecule has 0 aromatic rings. The number of carboxylic acid groups (broad SMARTS) is 1. The summed E-state index contributed by atoms with van der Waals surface area (Å²) in [5.41, 5.74) is 0. The van der Waals surface area contributed by atoms with Crippen molar-refractivity contribution in [3.8, 4) is 0 Å². The van der Waals surface area contributed by atoms with Crippen LogP contribution in [0.2, 0.25) is 0 Å². The van der Waals surface area contributed by atoms with Crippen LogP contribution in [0.15, 0.2) is 0 Å². The van der Waals surface area contributed by atoms with Crippen molar-refractivity contribution in [2.24, 2.45) is 0 Å². The zero-order chi connectivity index (χ0) is 30.2. The maximum atomic E-state index is 11.5. The summed E-state index contributed by atoms with van der Waals surface area (Å²) in [6.07, 6.45) is 0. The number of rotatable bonds is 24. The Morgan fingerprint density at radius 2 is 0.846 bits per heavy atom. The molecule has 0 heterocycles. The van der Waals surface area contributed by atoms with Gasteiger partial charge in [0, 0.05) is 45.3 Å². The van der Waals surface area contributed by atoms with Gasteiger partial charge in [-0.05, 0) is 65.4 Å². The summed E-state index contributed by atoms with van der Waals surface area (Å²) >= 11 is 0. The first-order valence-electron chi connectivity index (χ1n) is 15.9. The Kier molecular flexibility index (Phi) is 27.0. The number of aliphatic carboxylic acids is 1. The molecule has 0 aliphatic carbocycles. The van der Waals surface area contributed by atoms with Crippen LogP contribution in [-0.2, 0) is 4.79 Å². The Balaban J connectivity index is 0. The van der Waals surface area contributed by atoms with Crippen LogP contribution < -0.4 is 0 Å². The second kappa shape index (κ2) is 26.1. The number of likely N-dealkylation sites (N-methyl/N-ethyl adjacent to an activating group) is 6. The molecular formula is C30H68N6O3. The molecule has 2 atom stereocenters. The summed E-state index contributed by atoms with van der Waals surface area (Å²) in [7, 11) is 0. The number of carbonyl (C=O) groups is 1. The Hall–Kier alpha value is -0.810. The molecule has 236 valence electrons. The van der Waals surface area contributed by atoms with E-state index in [1.807, 2.05) is 18.7 Å². The standard InChI is InChI=1S/C15H33N3O2.C15H35N3O/c1-6-16(7-2)11-12-17(8-3)13-14(15(19)20)18(9-4)10-5;1-6-16(7-2)11-12-17(8-3)13-15(14-19)18(9-4)10-5/h14H,6-13H2,1-5H3,(H,19,20);15,19H,6-14H2,1-5H3.